The molecule has 1 saturated carbocycles. The minimum atomic E-state index is -0.384. The van der Waals surface area contributed by atoms with Gasteiger partial charge in [-0.05, 0) is 45.1 Å². The summed E-state index contributed by atoms with van der Waals surface area (Å²) in [6, 6.07) is 10.6. The molecule has 1 aliphatic carbocycles. The SMILES string of the molecule is CC(C)OC(=O)N[C@H]1C[C@@H](C(=O)N2CCCC(C)(c3ccccc3)C2)C1. The minimum absolute atomic E-state index is 0.0254. The van der Waals surface area contributed by atoms with Crippen molar-refractivity contribution in [2.45, 2.75) is 64.0 Å². The van der Waals surface area contributed by atoms with E-state index in [4.69, 9.17) is 4.74 Å². The lowest BCUT2D eigenvalue weighted by molar-refractivity contribution is -0.141. The Morgan fingerprint density at radius 1 is 1.23 bits per heavy atom. The number of rotatable bonds is 4. The minimum Gasteiger partial charge on any atom is -0.447 e. The Kier molecular flexibility index (Phi) is 5.54. The van der Waals surface area contributed by atoms with Crippen molar-refractivity contribution in [3.05, 3.63) is 35.9 Å². The first-order valence-corrected chi connectivity index (χ1v) is 9.69. The molecule has 2 amide bonds. The zero-order chi connectivity index (χ0) is 18.7. The van der Waals surface area contributed by atoms with E-state index in [-0.39, 0.29) is 35.5 Å². The Balaban J connectivity index is 1.52. The lowest BCUT2D eigenvalue weighted by Crippen LogP contribution is -2.54. The second kappa shape index (κ2) is 7.68. The third-order valence-electron chi connectivity index (χ3n) is 5.63. The van der Waals surface area contributed by atoms with Crippen molar-refractivity contribution in [3.8, 4) is 0 Å². The van der Waals surface area contributed by atoms with Gasteiger partial charge in [0.1, 0.15) is 0 Å². The van der Waals surface area contributed by atoms with Crippen LogP contribution in [0, 0.1) is 5.92 Å². The summed E-state index contributed by atoms with van der Waals surface area (Å²) in [5.74, 6) is 0.264. The number of nitrogens with one attached hydrogen (secondary N) is 1. The molecule has 0 bridgehead atoms. The number of amides is 2. The first kappa shape index (κ1) is 18.7. The summed E-state index contributed by atoms with van der Waals surface area (Å²) in [7, 11) is 0. The van der Waals surface area contributed by atoms with Gasteiger partial charge < -0.3 is 15.0 Å². The second-order valence-electron chi connectivity index (χ2n) is 8.25. The second-order valence-corrected chi connectivity index (χ2v) is 8.25. The van der Waals surface area contributed by atoms with Gasteiger partial charge in [-0.25, -0.2) is 4.79 Å². The van der Waals surface area contributed by atoms with E-state index >= 15 is 0 Å². The van der Waals surface area contributed by atoms with Crippen molar-refractivity contribution in [3.63, 3.8) is 0 Å². The van der Waals surface area contributed by atoms with Crippen LogP contribution in [0.4, 0.5) is 4.79 Å². The van der Waals surface area contributed by atoms with Crippen LogP contribution in [0.1, 0.15) is 52.0 Å². The highest BCUT2D eigenvalue weighted by atomic mass is 16.6. The molecule has 1 aliphatic heterocycles. The van der Waals surface area contributed by atoms with E-state index in [0.29, 0.717) is 12.8 Å². The lowest BCUT2D eigenvalue weighted by Gasteiger charge is -2.44. The van der Waals surface area contributed by atoms with Gasteiger partial charge in [0.05, 0.1) is 6.10 Å². The summed E-state index contributed by atoms with van der Waals surface area (Å²) in [6.45, 7) is 7.53. The molecule has 2 fully saturated rings. The van der Waals surface area contributed by atoms with E-state index in [9.17, 15) is 9.59 Å². The molecule has 1 unspecified atom stereocenters. The maximum absolute atomic E-state index is 12.9. The van der Waals surface area contributed by atoms with E-state index in [1.807, 2.05) is 24.8 Å². The molecule has 0 radical (unpaired) electrons. The summed E-state index contributed by atoms with van der Waals surface area (Å²) in [4.78, 5) is 26.6. The molecule has 1 aromatic rings. The summed E-state index contributed by atoms with van der Waals surface area (Å²) < 4.78 is 5.10. The van der Waals surface area contributed by atoms with Crippen molar-refractivity contribution in [1.82, 2.24) is 10.2 Å². The number of piperidine rings is 1. The maximum atomic E-state index is 12.9. The quantitative estimate of drug-likeness (QED) is 0.896. The zero-order valence-corrected chi connectivity index (χ0v) is 16.0. The molecule has 0 aromatic heterocycles. The highest BCUT2D eigenvalue weighted by molar-refractivity contribution is 5.80. The summed E-state index contributed by atoms with van der Waals surface area (Å²) >= 11 is 0. The standard InChI is InChI=1S/C21H30N2O3/c1-15(2)26-20(25)22-18-12-16(13-18)19(24)23-11-7-10-21(3,14-23)17-8-5-4-6-9-17/h4-6,8-9,15-16,18H,7,10-14H2,1-3H3,(H,22,25)/t16-,18+,21?. The number of benzene rings is 1. The number of ether oxygens (including phenoxy) is 1. The number of carbonyl (C=O) groups is 2. The van der Waals surface area contributed by atoms with Crippen molar-refractivity contribution in [1.29, 1.82) is 0 Å². The van der Waals surface area contributed by atoms with E-state index < -0.39 is 0 Å². The van der Waals surface area contributed by atoms with Crippen LogP contribution in [0.25, 0.3) is 0 Å². The molecular formula is C21H30N2O3. The van der Waals surface area contributed by atoms with Crippen LogP contribution >= 0.6 is 0 Å². The van der Waals surface area contributed by atoms with E-state index in [2.05, 4.69) is 36.5 Å². The number of hydrogen-bond donors (Lipinski definition) is 1. The zero-order valence-electron chi connectivity index (χ0n) is 16.0. The average molecular weight is 358 g/mol. The molecule has 5 nitrogen and oxygen atoms in total. The number of alkyl carbamates (subject to hydrolysis) is 1. The molecule has 1 N–H and O–H groups in total. The molecule has 0 spiro atoms. The van der Waals surface area contributed by atoms with Gasteiger partial charge in [-0.3, -0.25) is 4.79 Å². The van der Waals surface area contributed by atoms with Gasteiger partial charge in [0.15, 0.2) is 0 Å². The molecule has 1 atom stereocenters. The smallest absolute Gasteiger partial charge is 0.407 e. The molecule has 2 aliphatic rings. The molecule has 5 heteroatoms. The molecule has 142 valence electrons. The van der Waals surface area contributed by atoms with E-state index in [0.717, 1.165) is 25.9 Å². The van der Waals surface area contributed by atoms with Gasteiger partial charge >= 0.3 is 6.09 Å². The van der Waals surface area contributed by atoms with Gasteiger partial charge in [-0.15, -0.1) is 0 Å². The fourth-order valence-electron chi connectivity index (χ4n) is 4.11. The number of carbonyl (C=O) groups excluding carboxylic acids is 2. The number of hydrogen-bond acceptors (Lipinski definition) is 3. The Morgan fingerprint density at radius 2 is 1.92 bits per heavy atom. The van der Waals surface area contributed by atoms with Crippen LogP contribution in [-0.4, -0.2) is 42.1 Å². The van der Waals surface area contributed by atoms with Gasteiger partial charge in [0, 0.05) is 30.5 Å². The topological polar surface area (TPSA) is 58.6 Å². The lowest BCUT2D eigenvalue weighted by atomic mass is 9.74. The molecule has 1 saturated heterocycles. The largest absolute Gasteiger partial charge is 0.447 e. The predicted molar refractivity (Wildman–Crippen MR) is 101 cm³/mol. The van der Waals surface area contributed by atoms with Gasteiger partial charge in [0.2, 0.25) is 5.91 Å². The summed E-state index contributed by atoms with van der Waals surface area (Å²) in [5.41, 5.74) is 1.33. The first-order valence-electron chi connectivity index (χ1n) is 9.69. The molecule has 26 heavy (non-hydrogen) atoms. The normalized spacial score (nSPS) is 28.4. The van der Waals surface area contributed by atoms with Gasteiger partial charge in [-0.1, -0.05) is 37.3 Å². The van der Waals surface area contributed by atoms with Gasteiger partial charge in [0.25, 0.3) is 0 Å². The Morgan fingerprint density at radius 3 is 2.58 bits per heavy atom. The molecular weight excluding hydrogens is 328 g/mol. The van der Waals surface area contributed by atoms with Crippen molar-refractivity contribution in [2.75, 3.05) is 13.1 Å². The van der Waals surface area contributed by atoms with Crippen LogP contribution in [-0.2, 0) is 14.9 Å². The van der Waals surface area contributed by atoms with Crippen LogP contribution in [0.5, 0.6) is 0 Å². The van der Waals surface area contributed by atoms with Crippen molar-refractivity contribution >= 4 is 12.0 Å². The Bertz CT molecular complexity index is 640. The Labute approximate surface area is 156 Å². The number of likely N-dealkylation sites (tertiary alicyclic amines) is 1. The predicted octanol–water partition coefficient (Wildman–Crippen LogP) is 3.48. The highest BCUT2D eigenvalue weighted by Gasteiger charge is 2.41. The fourth-order valence-corrected chi connectivity index (χ4v) is 4.11. The molecule has 1 heterocycles. The van der Waals surface area contributed by atoms with Crippen LogP contribution < -0.4 is 5.32 Å². The van der Waals surface area contributed by atoms with E-state index in [1.54, 1.807) is 0 Å². The van der Waals surface area contributed by atoms with Crippen molar-refractivity contribution < 1.29 is 14.3 Å². The third kappa shape index (κ3) is 4.19. The third-order valence-corrected chi connectivity index (χ3v) is 5.63. The van der Waals surface area contributed by atoms with Crippen molar-refractivity contribution in [2.24, 2.45) is 5.92 Å². The number of nitrogens with zero attached hydrogens (tertiary/aromatic N) is 1. The first-order chi connectivity index (χ1) is 12.4. The fraction of sp³-hybridized carbons (Fsp3) is 0.619. The summed E-state index contributed by atoms with van der Waals surface area (Å²) in [5, 5.41) is 2.85. The van der Waals surface area contributed by atoms with Gasteiger partial charge in [-0.2, -0.15) is 0 Å². The molecule has 3 rings (SSSR count). The monoisotopic (exact) mass is 358 g/mol. The van der Waals surface area contributed by atoms with Crippen LogP contribution in [0.15, 0.2) is 30.3 Å². The van der Waals surface area contributed by atoms with Crippen LogP contribution in [0.2, 0.25) is 0 Å². The average Bonchev–Trinajstić information content (AvgIpc) is 2.57. The summed E-state index contributed by atoms with van der Waals surface area (Å²) in [6.07, 6.45) is 3.06. The van der Waals surface area contributed by atoms with Crippen LogP contribution in [0.3, 0.4) is 0 Å². The highest BCUT2D eigenvalue weighted by Crippen LogP contribution is 2.36. The Hall–Kier alpha value is -2.04. The van der Waals surface area contributed by atoms with E-state index in [1.165, 1.54) is 5.56 Å². The molecule has 1 aromatic carbocycles. The maximum Gasteiger partial charge on any atom is 0.407 e.